The highest BCUT2D eigenvalue weighted by atomic mass is 16.1. The number of ketones is 1. The van der Waals surface area contributed by atoms with Gasteiger partial charge in [-0.1, -0.05) is 34.6 Å². The monoisotopic (exact) mass is 269 g/mol. The lowest BCUT2D eigenvalue weighted by Crippen LogP contribution is -2.35. The molecule has 0 aromatic heterocycles. The highest BCUT2D eigenvalue weighted by molar-refractivity contribution is 5.80. The van der Waals surface area contributed by atoms with Crippen molar-refractivity contribution in [2.45, 2.75) is 60.3 Å². The van der Waals surface area contributed by atoms with Crippen LogP contribution in [0.15, 0.2) is 0 Å². The Morgan fingerprint density at radius 3 is 1.89 bits per heavy atom. The summed E-state index contributed by atoms with van der Waals surface area (Å²) in [6.45, 7) is 10.5. The maximum Gasteiger partial charge on any atom is 0.223 e. The zero-order chi connectivity index (χ0) is 15.0. The summed E-state index contributed by atoms with van der Waals surface area (Å²) in [7, 11) is 1.68. The highest BCUT2D eigenvalue weighted by Gasteiger charge is 2.27. The van der Waals surface area contributed by atoms with Gasteiger partial charge in [0.2, 0.25) is 5.91 Å². The third-order valence-corrected chi connectivity index (χ3v) is 3.76. The summed E-state index contributed by atoms with van der Waals surface area (Å²) in [4.78, 5) is 23.6. The average molecular weight is 269 g/mol. The number of Topliss-reactive ketones (excluding diaryl/α,β-unsaturated/α-hetero) is 1. The van der Waals surface area contributed by atoms with Gasteiger partial charge >= 0.3 is 0 Å². The predicted molar refractivity (Wildman–Crippen MR) is 79.9 cm³/mol. The van der Waals surface area contributed by atoms with Gasteiger partial charge < -0.3 is 5.32 Å². The molecule has 0 heterocycles. The lowest BCUT2D eigenvalue weighted by molar-refractivity contribution is -0.128. The van der Waals surface area contributed by atoms with Gasteiger partial charge in [-0.15, -0.1) is 0 Å². The van der Waals surface area contributed by atoms with Gasteiger partial charge in [0, 0.05) is 25.8 Å². The van der Waals surface area contributed by atoms with Crippen LogP contribution >= 0.6 is 0 Å². The van der Waals surface area contributed by atoms with E-state index in [1.165, 1.54) is 0 Å². The third kappa shape index (κ3) is 7.34. The van der Waals surface area contributed by atoms with Crippen LogP contribution in [0, 0.1) is 23.7 Å². The number of rotatable bonds is 9. The molecule has 2 unspecified atom stereocenters. The zero-order valence-corrected chi connectivity index (χ0v) is 13.5. The van der Waals surface area contributed by atoms with Crippen LogP contribution in [-0.4, -0.2) is 18.7 Å². The van der Waals surface area contributed by atoms with Crippen LogP contribution < -0.4 is 5.32 Å². The lowest BCUT2D eigenvalue weighted by atomic mass is 9.80. The standard InChI is InChI=1S/C16H31NO2/c1-11(2)7-9-14(18)10-8-13(5)15(12(3)4)16(19)17-6/h11-13,15H,7-10H2,1-6H3,(H,17,19). The van der Waals surface area contributed by atoms with E-state index in [-0.39, 0.29) is 17.7 Å². The van der Waals surface area contributed by atoms with E-state index in [0.29, 0.717) is 30.5 Å². The Bertz CT molecular complexity index is 284. The van der Waals surface area contributed by atoms with Gasteiger partial charge in [0.1, 0.15) is 5.78 Å². The molecule has 1 N–H and O–H groups in total. The first-order valence-electron chi connectivity index (χ1n) is 7.52. The van der Waals surface area contributed by atoms with Crippen molar-refractivity contribution >= 4 is 11.7 Å². The van der Waals surface area contributed by atoms with Crippen LogP contribution in [0.1, 0.15) is 60.3 Å². The maximum absolute atomic E-state index is 11.9. The molecule has 0 radical (unpaired) electrons. The molecule has 19 heavy (non-hydrogen) atoms. The molecule has 2 atom stereocenters. The second-order valence-electron chi connectivity index (χ2n) is 6.37. The fraction of sp³-hybridized carbons (Fsp3) is 0.875. The molecule has 0 saturated carbocycles. The summed E-state index contributed by atoms with van der Waals surface area (Å²) in [5, 5.41) is 2.73. The normalized spacial score (nSPS) is 14.5. The van der Waals surface area contributed by atoms with Crippen LogP contribution in [0.25, 0.3) is 0 Å². The SMILES string of the molecule is CNC(=O)C(C(C)C)C(C)CCC(=O)CCC(C)C. The van der Waals surface area contributed by atoms with E-state index in [9.17, 15) is 9.59 Å². The zero-order valence-electron chi connectivity index (χ0n) is 13.5. The molecule has 0 rings (SSSR count). The van der Waals surface area contributed by atoms with Gasteiger partial charge in [0.25, 0.3) is 0 Å². The van der Waals surface area contributed by atoms with Crippen LogP contribution in [0.4, 0.5) is 0 Å². The third-order valence-electron chi connectivity index (χ3n) is 3.76. The van der Waals surface area contributed by atoms with Crippen molar-refractivity contribution in [3.63, 3.8) is 0 Å². The Hall–Kier alpha value is -0.860. The van der Waals surface area contributed by atoms with E-state index in [0.717, 1.165) is 12.8 Å². The van der Waals surface area contributed by atoms with Crippen LogP contribution in [0.2, 0.25) is 0 Å². The first-order chi connectivity index (χ1) is 8.79. The van der Waals surface area contributed by atoms with Crippen LogP contribution in [0.5, 0.6) is 0 Å². The Morgan fingerprint density at radius 2 is 1.47 bits per heavy atom. The second-order valence-corrected chi connectivity index (χ2v) is 6.37. The largest absolute Gasteiger partial charge is 0.359 e. The molecule has 3 nitrogen and oxygen atoms in total. The molecule has 0 aromatic carbocycles. The number of nitrogens with one attached hydrogen (secondary N) is 1. The average Bonchev–Trinajstić information content (AvgIpc) is 2.33. The van der Waals surface area contributed by atoms with Crippen molar-refractivity contribution in [2.75, 3.05) is 7.05 Å². The van der Waals surface area contributed by atoms with Crippen LogP contribution in [-0.2, 0) is 9.59 Å². The van der Waals surface area contributed by atoms with Gasteiger partial charge in [0.15, 0.2) is 0 Å². The summed E-state index contributed by atoms with van der Waals surface area (Å²) in [5.41, 5.74) is 0. The van der Waals surface area contributed by atoms with E-state index in [1.807, 2.05) is 0 Å². The predicted octanol–water partition coefficient (Wildman–Crippen LogP) is 3.43. The van der Waals surface area contributed by atoms with Gasteiger partial charge in [-0.3, -0.25) is 9.59 Å². The molecule has 3 heteroatoms. The molecular formula is C16H31NO2. The maximum atomic E-state index is 11.9. The summed E-state index contributed by atoms with van der Waals surface area (Å²) in [6.07, 6.45) is 3.06. The Labute approximate surface area is 118 Å². The summed E-state index contributed by atoms with van der Waals surface area (Å²) >= 11 is 0. The first-order valence-corrected chi connectivity index (χ1v) is 7.52. The minimum Gasteiger partial charge on any atom is -0.359 e. The highest BCUT2D eigenvalue weighted by Crippen LogP contribution is 2.25. The molecule has 0 fully saturated rings. The van der Waals surface area contributed by atoms with Crippen molar-refractivity contribution in [3.05, 3.63) is 0 Å². The van der Waals surface area contributed by atoms with Crippen molar-refractivity contribution < 1.29 is 9.59 Å². The van der Waals surface area contributed by atoms with Crippen molar-refractivity contribution in [1.29, 1.82) is 0 Å². The van der Waals surface area contributed by atoms with Gasteiger partial charge in [-0.2, -0.15) is 0 Å². The van der Waals surface area contributed by atoms with Crippen molar-refractivity contribution in [1.82, 2.24) is 5.32 Å². The van der Waals surface area contributed by atoms with Crippen LogP contribution in [0.3, 0.4) is 0 Å². The topological polar surface area (TPSA) is 46.2 Å². The van der Waals surface area contributed by atoms with E-state index in [2.05, 4.69) is 39.9 Å². The smallest absolute Gasteiger partial charge is 0.223 e. The number of carbonyl (C=O) groups excluding carboxylic acids is 2. The first kappa shape index (κ1) is 18.1. The summed E-state index contributed by atoms with van der Waals surface area (Å²) < 4.78 is 0. The molecule has 1 amide bonds. The fourth-order valence-electron chi connectivity index (χ4n) is 2.53. The molecule has 0 spiro atoms. The molecule has 0 bridgehead atoms. The molecule has 0 aliphatic carbocycles. The minimum atomic E-state index is 0.00268. The Balaban J connectivity index is 4.23. The Kier molecular flexibility index (Phi) is 8.70. The quantitative estimate of drug-likeness (QED) is 0.697. The fourth-order valence-corrected chi connectivity index (χ4v) is 2.53. The van der Waals surface area contributed by atoms with E-state index < -0.39 is 0 Å². The van der Waals surface area contributed by atoms with E-state index in [4.69, 9.17) is 0 Å². The molecule has 0 aromatic rings. The van der Waals surface area contributed by atoms with Crippen molar-refractivity contribution in [2.24, 2.45) is 23.7 Å². The van der Waals surface area contributed by atoms with E-state index in [1.54, 1.807) is 7.05 Å². The number of hydrogen-bond acceptors (Lipinski definition) is 2. The second kappa shape index (κ2) is 9.11. The molecule has 0 aliphatic heterocycles. The lowest BCUT2D eigenvalue weighted by Gasteiger charge is -2.25. The number of amides is 1. The molecule has 112 valence electrons. The van der Waals surface area contributed by atoms with E-state index >= 15 is 0 Å². The summed E-state index contributed by atoms with van der Waals surface area (Å²) in [6, 6.07) is 0. The van der Waals surface area contributed by atoms with Gasteiger partial charge in [-0.05, 0) is 30.6 Å². The number of carbonyl (C=O) groups is 2. The molecular weight excluding hydrogens is 238 g/mol. The van der Waals surface area contributed by atoms with Gasteiger partial charge in [0.05, 0.1) is 0 Å². The minimum absolute atomic E-state index is 0.00268. The van der Waals surface area contributed by atoms with Gasteiger partial charge in [-0.25, -0.2) is 0 Å². The summed E-state index contributed by atoms with van der Waals surface area (Å²) in [5.74, 6) is 1.57. The number of hydrogen-bond donors (Lipinski definition) is 1. The molecule has 0 saturated heterocycles. The van der Waals surface area contributed by atoms with Crippen molar-refractivity contribution in [3.8, 4) is 0 Å². The Morgan fingerprint density at radius 1 is 0.947 bits per heavy atom. The molecule has 0 aliphatic rings.